The minimum atomic E-state index is 0.610. The Kier molecular flexibility index (Phi) is 5.11. The van der Waals surface area contributed by atoms with Crippen LogP contribution in [0.2, 0.25) is 0 Å². The molecule has 0 amide bonds. The van der Waals surface area contributed by atoms with E-state index in [0.717, 1.165) is 37.9 Å². The lowest BCUT2D eigenvalue weighted by molar-refractivity contribution is 0.181. The molecule has 2 aliphatic rings. The van der Waals surface area contributed by atoms with Crippen LogP contribution in [0.3, 0.4) is 0 Å². The molecule has 3 rings (SSSR count). The van der Waals surface area contributed by atoms with Crippen LogP contribution in [-0.2, 0) is 17.9 Å². The number of hydrogen-bond donors (Lipinski definition) is 1. The van der Waals surface area contributed by atoms with Gasteiger partial charge in [-0.2, -0.15) is 0 Å². The molecule has 5 nitrogen and oxygen atoms in total. The van der Waals surface area contributed by atoms with Gasteiger partial charge >= 0.3 is 0 Å². The van der Waals surface area contributed by atoms with Crippen LogP contribution >= 0.6 is 11.3 Å². The third-order valence-corrected chi connectivity index (χ3v) is 5.39. The summed E-state index contributed by atoms with van der Waals surface area (Å²) in [5.74, 6) is 0. The summed E-state index contributed by atoms with van der Waals surface area (Å²) < 4.78 is 5.30. The van der Waals surface area contributed by atoms with Gasteiger partial charge in [0.1, 0.15) is 0 Å². The zero-order valence-electron chi connectivity index (χ0n) is 13.1. The highest BCUT2D eigenvalue weighted by molar-refractivity contribution is 7.15. The molecule has 118 valence electrons. The second kappa shape index (κ2) is 7.05. The number of hydrogen-bond acceptors (Lipinski definition) is 6. The second-order valence-electron chi connectivity index (χ2n) is 5.83. The average Bonchev–Trinajstić information content (AvgIpc) is 3.28. The smallest absolute Gasteiger partial charge is 0.186 e. The molecule has 2 heterocycles. The summed E-state index contributed by atoms with van der Waals surface area (Å²) in [4.78, 5) is 11.2. The van der Waals surface area contributed by atoms with Crippen molar-refractivity contribution in [1.82, 2.24) is 15.2 Å². The number of nitrogens with zero attached hydrogens (tertiary/aromatic N) is 3. The Hall–Kier alpha value is -0.690. The van der Waals surface area contributed by atoms with Crippen molar-refractivity contribution in [2.24, 2.45) is 0 Å². The molecule has 6 heteroatoms. The van der Waals surface area contributed by atoms with Gasteiger partial charge in [0.25, 0.3) is 0 Å². The van der Waals surface area contributed by atoms with E-state index in [-0.39, 0.29) is 0 Å². The van der Waals surface area contributed by atoms with Crippen molar-refractivity contribution in [2.75, 3.05) is 44.7 Å². The van der Waals surface area contributed by atoms with Gasteiger partial charge in [-0.15, -0.1) is 11.3 Å². The fourth-order valence-corrected chi connectivity index (χ4v) is 3.93. The number of ether oxygens (including phenoxy) is 1. The first-order chi connectivity index (χ1) is 10.3. The number of methoxy groups -OCH3 is 1. The maximum atomic E-state index is 5.30. The second-order valence-corrected chi connectivity index (χ2v) is 6.90. The predicted molar refractivity (Wildman–Crippen MR) is 87.0 cm³/mol. The van der Waals surface area contributed by atoms with E-state index in [1.54, 1.807) is 7.11 Å². The lowest BCUT2D eigenvalue weighted by atomic mass is 10.3. The topological polar surface area (TPSA) is 40.6 Å². The van der Waals surface area contributed by atoms with E-state index in [1.807, 2.05) is 11.3 Å². The van der Waals surface area contributed by atoms with Crippen LogP contribution in [0.5, 0.6) is 0 Å². The summed E-state index contributed by atoms with van der Waals surface area (Å²) >= 11 is 1.82. The molecule has 2 fully saturated rings. The van der Waals surface area contributed by atoms with E-state index in [9.17, 15) is 0 Å². The molecule has 1 aliphatic carbocycles. The summed E-state index contributed by atoms with van der Waals surface area (Å²) in [5, 5.41) is 4.57. The van der Waals surface area contributed by atoms with Gasteiger partial charge in [-0.1, -0.05) is 6.92 Å². The zero-order valence-corrected chi connectivity index (χ0v) is 13.9. The first-order valence-electron chi connectivity index (χ1n) is 7.99. The molecule has 21 heavy (non-hydrogen) atoms. The molecule has 0 bridgehead atoms. The first kappa shape index (κ1) is 15.2. The minimum Gasteiger partial charge on any atom is -0.378 e. The summed E-state index contributed by atoms with van der Waals surface area (Å²) in [6, 6.07) is 0.886. The van der Waals surface area contributed by atoms with Crippen molar-refractivity contribution < 1.29 is 4.74 Å². The third kappa shape index (κ3) is 3.74. The summed E-state index contributed by atoms with van der Waals surface area (Å²) in [6.07, 6.45) is 2.81. The molecule has 0 spiro atoms. The molecular weight excluding hydrogens is 284 g/mol. The monoisotopic (exact) mass is 310 g/mol. The van der Waals surface area contributed by atoms with E-state index in [2.05, 4.69) is 22.0 Å². The third-order valence-electron chi connectivity index (χ3n) is 4.23. The van der Waals surface area contributed by atoms with Gasteiger partial charge in [0, 0.05) is 50.8 Å². The van der Waals surface area contributed by atoms with E-state index in [4.69, 9.17) is 9.72 Å². The van der Waals surface area contributed by atoms with E-state index >= 15 is 0 Å². The molecule has 0 atom stereocenters. The molecule has 0 unspecified atom stereocenters. The zero-order chi connectivity index (χ0) is 14.7. The van der Waals surface area contributed by atoms with Crippen molar-refractivity contribution >= 4 is 16.5 Å². The highest BCUT2D eigenvalue weighted by Gasteiger charge is 2.31. The van der Waals surface area contributed by atoms with E-state index in [0.29, 0.717) is 6.61 Å². The van der Waals surface area contributed by atoms with Gasteiger partial charge < -0.3 is 15.0 Å². The summed E-state index contributed by atoms with van der Waals surface area (Å²) in [6.45, 7) is 9.22. The SMILES string of the molecule is CCNCc1sc(N2CCN(C3CC3)CC2)nc1COC. The number of aromatic nitrogens is 1. The number of nitrogens with one attached hydrogen (secondary N) is 1. The lowest BCUT2D eigenvalue weighted by Crippen LogP contribution is -2.47. The number of rotatable bonds is 7. The first-order valence-corrected chi connectivity index (χ1v) is 8.80. The number of thiazole rings is 1. The largest absolute Gasteiger partial charge is 0.378 e. The molecule has 1 saturated heterocycles. The van der Waals surface area contributed by atoms with Gasteiger partial charge in [0.15, 0.2) is 5.13 Å². The van der Waals surface area contributed by atoms with Gasteiger partial charge in [-0.3, -0.25) is 4.90 Å². The normalized spacial score (nSPS) is 20.2. The Morgan fingerprint density at radius 2 is 2.05 bits per heavy atom. The lowest BCUT2D eigenvalue weighted by Gasteiger charge is -2.34. The van der Waals surface area contributed by atoms with Crippen molar-refractivity contribution in [3.63, 3.8) is 0 Å². The fourth-order valence-electron chi connectivity index (χ4n) is 2.85. The van der Waals surface area contributed by atoms with Crippen LogP contribution in [0.25, 0.3) is 0 Å². The van der Waals surface area contributed by atoms with Gasteiger partial charge in [0.2, 0.25) is 0 Å². The quantitative estimate of drug-likeness (QED) is 0.830. The van der Waals surface area contributed by atoms with Gasteiger partial charge in [0.05, 0.1) is 12.3 Å². The van der Waals surface area contributed by atoms with Crippen molar-refractivity contribution in [3.8, 4) is 0 Å². The minimum absolute atomic E-state index is 0.610. The standard InChI is InChI=1S/C15H26N4OS/c1-3-16-10-14-13(11-20-2)17-15(21-14)19-8-6-18(7-9-19)12-4-5-12/h12,16H,3-11H2,1-2H3. The van der Waals surface area contributed by atoms with Crippen molar-refractivity contribution in [2.45, 2.75) is 39.0 Å². The fraction of sp³-hybridized carbons (Fsp3) is 0.800. The van der Waals surface area contributed by atoms with Crippen LogP contribution in [0, 0.1) is 0 Å². The van der Waals surface area contributed by atoms with Crippen LogP contribution in [0.1, 0.15) is 30.3 Å². The van der Waals surface area contributed by atoms with Gasteiger partial charge in [-0.05, 0) is 19.4 Å². The van der Waals surface area contributed by atoms with E-state index in [1.165, 1.54) is 35.9 Å². The van der Waals surface area contributed by atoms with Crippen LogP contribution in [0.15, 0.2) is 0 Å². The van der Waals surface area contributed by atoms with Crippen LogP contribution in [-0.4, -0.2) is 55.8 Å². The summed E-state index contributed by atoms with van der Waals surface area (Å²) in [5.41, 5.74) is 1.10. The maximum Gasteiger partial charge on any atom is 0.186 e. The van der Waals surface area contributed by atoms with Crippen LogP contribution in [0.4, 0.5) is 5.13 Å². The Bertz CT molecular complexity index is 453. The van der Waals surface area contributed by atoms with Crippen LogP contribution < -0.4 is 10.2 Å². The highest BCUT2D eigenvalue weighted by Crippen LogP contribution is 2.31. The Labute approximate surface area is 131 Å². The molecule has 1 aromatic rings. The molecule has 0 radical (unpaired) electrons. The molecule has 1 aromatic heterocycles. The number of anilines is 1. The summed E-state index contributed by atoms with van der Waals surface area (Å²) in [7, 11) is 1.74. The number of piperazine rings is 1. The highest BCUT2D eigenvalue weighted by atomic mass is 32.1. The predicted octanol–water partition coefficient (Wildman–Crippen LogP) is 1.68. The molecule has 1 saturated carbocycles. The Morgan fingerprint density at radius 1 is 1.29 bits per heavy atom. The molecular formula is C15H26N4OS. The molecule has 0 aromatic carbocycles. The van der Waals surface area contributed by atoms with Crippen molar-refractivity contribution in [3.05, 3.63) is 10.6 Å². The maximum absolute atomic E-state index is 5.30. The van der Waals surface area contributed by atoms with Crippen molar-refractivity contribution in [1.29, 1.82) is 0 Å². The average molecular weight is 310 g/mol. The van der Waals surface area contributed by atoms with Gasteiger partial charge in [-0.25, -0.2) is 4.98 Å². The Morgan fingerprint density at radius 3 is 2.67 bits per heavy atom. The van der Waals surface area contributed by atoms with E-state index < -0.39 is 0 Å². The Balaban J connectivity index is 1.63. The molecule has 1 aliphatic heterocycles. The molecule has 1 N–H and O–H groups in total.